The zero-order chi connectivity index (χ0) is 22.3. The number of pyridine rings is 1. The summed E-state index contributed by atoms with van der Waals surface area (Å²) < 4.78 is 6.43. The Hall–Kier alpha value is -2.68. The maximum Gasteiger partial charge on any atom is 0.251 e. The number of aryl methyl sites for hydroxylation is 2. The Morgan fingerprint density at radius 2 is 1.97 bits per heavy atom. The molecule has 0 fully saturated rings. The molecule has 1 aromatic carbocycles. The smallest absolute Gasteiger partial charge is 0.251 e. The predicted molar refractivity (Wildman–Crippen MR) is 127 cm³/mol. The summed E-state index contributed by atoms with van der Waals surface area (Å²) in [6.07, 6.45) is 1.75. The summed E-state index contributed by atoms with van der Waals surface area (Å²) >= 11 is 2.22. The predicted octanol–water partition coefficient (Wildman–Crippen LogP) is 4.65. The second-order valence-electron chi connectivity index (χ2n) is 8.37. The maximum atomic E-state index is 13.3. The van der Waals surface area contributed by atoms with Crippen molar-refractivity contribution in [2.24, 2.45) is 0 Å². The second kappa shape index (κ2) is 8.11. The number of hydrogen-bond donors (Lipinski definition) is 1. The lowest BCUT2D eigenvalue weighted by Crippen LogP contribution is -2.35. The topological polar surface area (TPSA) is 75.4 Å². The SMILES string of the molecule is Cc1cc(CN2C(=O)C(C)(C)c3c(I)cc(C(=O)NCc4ccc(C)o4)cc32)ccn1. The first-order valence-electron chi connectivity index (χ1n) is 10.1. The zero-order valence-electron chi connectivity index (χ0n) is 18.0. The van der Waals surface area contributed by atoms with Gasteiger partial charge in [0.05, 0.1) is 24.2 Å². The van der Waals surface area contributed by atoms with Crippen molar-refractivity contribution < 1.29 is 14.0 Å². The molecule has 0 aliphatic carbocycles. The van der Waals surface area contributed by atoms with Crippen LogP contribution in [-0.2, 0) is 23.3 Å². The molecule has 6 nitrogen and oxygen atoms in total. The number of carbonyl (C=O) groups excluding carboxylic acids is 2. The summed E-state index contributed by atoms with van der Waals surface area (Å²) in [6, 6.07) is 11.3. The molecule has 3 heterocycles. The molecular weight excluding hydrogens is 505 g/mol. The van der Waals surface area contributed by atoms with Gasteiger partial charge in [0.15, 0.2) is 0 Å². The number of aromatic nitrogens is 1. The molecule has 0 spiro atoms. The highest BCUT2D eigenvalue weighted by Crippen LogP contribution is 2.45. The first-order valence-corrected chi connectivity index (χ1v) is 11.2. The summed E-state index contributed by atoms with van der Waals surface area (Å²) in [4.78, 5) is 32.2. The normalized spacial score (nSPS) is 14.6. The Morgan fingerprint density at radius 3 is 2.65 bits per heavy atom. The van der Waals surface area contributed by atoms with Gasteiger partial charge >= 0.3 is 0 Å². The Kier molecular flexibility index (Phi) is 5.63. The number of fused-ring (bicyclic) bond motifs is 1. The van der Waals surface area contributed by atoms with Crippen molar-refractivity contribution in [1.29, 1.82) is 0 Å². The maximum absolute atomic E-state index is 13.3. The molecule has 2 amide bonds. The van der Waals surface area contributed by atoms with Crippen molar-refractivity contribution in [3.05, 3.63) is 80.1 Å². The quantitative estimate of drug-likeness (QED) is 0.489. The third kappa shape index (κ3) is 4.11. The highest BCUT2D eigenvalue weighted by Gasteiger charge is 2.45. The van der Waals surface area contributed by atoms with Crippen LogP contribution in [0.5, 0.6) is 0 Å². The van der Waals surface area contributed by atoms with Crippen molar-refractivity contribution in [3.63, 3.8) is 0 Å². The highest BCUT2D eigenvalue weighted by molar-refractivity contribution is 14.1. The van der Waals surface area contributed by atoms with Gasteiger partial charge < -0.3 is 14.6 Å². The molecule has 7 heteroatoms. The van der Waals surface area contributed by atoms with E-state index in [0.29, 0.717) is 24.4 Å². The fraction of sp³-hybridized carbons (Fsp3) is 0.292. The van der Waals surface area contributed by atoms with Crippen LogP contribution in [0, 0.1) is 17.4 Å². The van der Waals surface area contributed by atoms with Gasteiger partial charge in [0.25, 0.3) is 5.91 Å². The van der Waals surface area contributed by atoms with Gasteiger partial charge in [-0.2, -0.15) is 0 Å². The van der Waals surface area contributed by atoms with Gasteiger partial charge in [0, 0.05) is 26.6 Å². The molecule has 0 radical (unpaired) electrons. The third-order valence-corrected chi connectivity index (χ3v) is 6.40. The van der Waals surface area contributed by atoms with E-state index in [0.717, 1.165) is 31.8 Å². The fourth-order valence-corrected chi connectivity index (χ4v) is 5.29. The van der Waals surface area contributed by atoms with Crippen molar-refractivity contribution >= 4 is 40.1 Å². The minimum Gasteiger partial charge on any atom is -0.465 e. The van der Waals surface area contributed by atoms with Crippen LogP contribution in [-0.4, -0.2) is 16.8 Å². The molecule has 0 atom stereocenters. The first-order chi connectivity index (χ1) is 14.7. The van der Waals surface area contributed by atoms with E-state index >= 15 is 0 Å². The van der Waals surface area contributed by atoms with Crippen LogP contribution >= 0.6 is 22.6 Å². The summed E-state index contributed by atoms with van der Waals surface area (Å²) in [5.41, 5.74) is 3.52. The average molecular weight is 529 g/mol. The van der Waals surface area contributed by atoms with Gasteiger partial charge in [-0.3, -0.25) is 14.6 Å². The lowest BCUT2D eigenvalue weighted by atomic mass is 9.86. The van der Waals surface area contributed by atoms with Crippen molar-refractivity contribution in [3.8, 4) is 0 Å². The molecule has 3 aromatic rings. The number of halogens is 1. The summed E-state index contributed by atoms with van der Waals surface area (Å²) in [5, 5.41) is 2.90. The minimum absolute atomic E-state index is 0.0264. The monoisotopic (exact) mass is 529 g/mol. The molecule has 4 rings (SSSR count). The highest BCUT2D eigenvalue weighted by atomic mass is 127. The Balaban J connectivity index is 1.66. The number of carbonyl (C=O) groups is 2. The number of anilines is 1. The van der Waals surface area contributed by atoms with Crippen LogP contribution in [0.15, 0.2) is 47.0 Å². The van der Waals surface area contributed by atoms with E-state index in [4.69, 9.17) is 4.42 Å². The molecule has 1 aliphatic heterocycles. The van der Waals surface area contributed by atoms with E-state index in [9.17, 15) is 9.59 Å². The van der Waals surface area contributed by atoms with Crippen LogP contribution < -0.4 is 10.2 Å². The molecular formula is C24H24IN3O3. The van der Waals surface area contributed by atoms with E-state index in [-0.39, 0.29) is 11.8 Å². The summed E-state index contributed by atoms with van der Waals surface area (Å²) in [7, 11) is 0. The van der Waals surface area contributed by atoms with Gasteiger partial charge in [-0.05, 0) is 92.2 Å². The number of nitrogens with one attached hydrogen (secondary N) is 1. The van der Waals surface area contributed by atoms with Crippen molar-refractivity contribution in [1.82, 2.24) is 10.3 Å². The van der Waals surface area contributed by atoms with Crippen LogP contribution in [0.3, 0.4) is 0 Å². The minimum atomic E-state index is -0.658. The summed E-state index contributed by atoms with van der Waals surface area (Å²) in [6.45, 7) is 8.42. The lowest BCUT2D eigenvalue weighted by Gasteiger charge is -2.20. The Morgan fingerprint density at radius 1 is 1.19 bits per heavy atom. The van der Waals surface area contributed by atoms with E-state index in [1.807, 2.05) is 64.1 Å². The molecule has 0 saturated heterocycles. The number of furan rings is 1. The van der Waals surface area contributed by atoms with Crippen LogP contribution in [0.1, 0.15) is 52.5 Å². The zero-order valence-corrected chi connectivity index (χ0v) is 20.1. The standard InChI is InChI=1S/C24H24IN3O3/c1-14-9-16(7-8-26-14)13-28-20-11-17(10-19(25)21(20)24(3,4)23(28)30)22(29)27-12-18-6-5-15(2)31-18/h5-11H,12-13H2,1-4H3,(H,27,29). The first kappa shape index (κ1) is 21.5. The average Bonchev–Trinajstić information content (AvgIpc) is 3.21. The Bertz CT molecular complexity index is 1180. The van der Waals surface area contributed by atoms with Crippen LogP contribution in [0.2, 0.25) is 0 Å². The number of amides is 2. The molecule has 31 heavy (non-hydrogen) atoms. The third-order valence-electron chi connectivity index (χ3n) is 5.55. The molecule has 0 bridgehead atoms. The molecule has 1 N–H and O–H groups in total. The van der Waals surface area contributed by atoms with Crippen LogP contribution in [0.4, 0.5) is 5.69 Å². The van der Waals surface area contributed by atoms with E-state index in [1.165, 1.54) is 0 Å². The lowest BCUT2D eigenvalue weighted by molar-refractivity contribution is -0.122. The molecule has 160 valence electrons. The van der Waals surface area contributed by atoms with Gasteiger partial charge in [-0.15, -0.1) is 0 Å². The number of hydrogen-bond acceptors (Lipinski definition) is 4. The number of rotatable bonds is 5. The van der Waals surface area contributed by atoms with E-state index < -0.39 is 5.41 Å². The second-order valence-corrected chi connectivity index (χ2v) is 9.53. The Labute approximate surface area is 195 Å². The van der Waals surface area contributed by atoms with E-state index in [1.54, 1.807) is 11.1 Å². The number of benzene rings is 1. The molecule has 0 saturated carbocycles. The summed E-state index contributed by atoms with van der Waals surface area (Å²) in [5.74, 6) is 1.33. The number of nitrogens with zero attached hydrogens (tertiary/aromatic N) is 2. The van der Waals surface area contributed by atoms with Gasteiger partial charge in [0.2, 0.25) is 5.91 Å². The molecule has 0 unspecified atom stereocenters. The van der Waals surface area contributed by atoms with E-state index in [2.05, 4.69) is 32.9 Å². The molecule has 2 aromatic heterocycles. The van der Waals surface area contributed by atoms with Gasteiger partial charge in [0.1, 0.15) is 11.5 Å². The largest absolute Gasteiger partial charge is 0.465 e. The van der Waals surface area contributed by atoms with Crippen LogP contribution in [0.25, 0.3) is 0 Å². The van der Waals surface area contributed by atoms with Crippen molar-refractivity contribution in [2.75, 3.05) is 4.90 Å². The molecule has 1 aliphatic rings. The van der Waals surface area contributed by atoms with Gasteiger partial charge in [-0.25, -0.2) is 0 Å². The van der Waals surface area contributed by atoms with Crippen molar-refractivity contribution in [2.45, 2.75) is 46.2 Å². The fourth-order valence-electron chi connectivity index (χ4n) is 4.00. The van der Waals surface area contributed by atoms with Gasteiger partial charge in [-0.1, -0.05) is 0 Å².